The molecule has 0 radical (unpaired) electrons. The highest BCUT2D eigenvalue weighted by Gasteiger charge is 2.01. The summed E-state index contributed by atoms with van der Waals surface area (Å²) in [6.07, 6.45) is 0.992. The van der Waals surface area contributed by atoms with E-state index in [2.05, 4.69) is 19.2 Å². The fourth-order valence-electron chi connectivity index (χ4n) is 1.36. The van der Waals surface area contributed by atoms with Crippen LogP contribution in [0.15, 0.2) is 18.2 Å². The minimum absolute atomic E-state index is 0.527. The summed E-state index contributed by atoms with van der Waals surface area (Å²) in [4.78, 5) is 0. The van der Waals surface area contributed by atoms with Gasteiger partial charge >= 0.3 is 0 Å². The highest BCUT2D eigenvalue weighted by atomic mass is 35.5. The molecule has 0 spiro atoms. The van der Waals surface area contributed by atoms with Crippen molar-refractivity contribution in [2.75, 3.05) is 13.7 Å². The van der Waals surface area contributed by atoms with E-state index in [1.807, 2.05) is 18.2 Å². The second kappa shape index (κ2) is 5.99. The molecular weight excluding hydrogens is 210 g/mol. The Morgan fingerprint density at radius 3 is 2.73 bits per heavy atom. The number of halogens is 1. The van der Waals surface area contributed by atoms with Gasteiger partial charge in [0, 0.05) is 6.04 Å². The maximum atomic E-state index is 5.94. The van der Waals surface area contributed by atoms with Gasteiger partial charge in [0.2, 0.25) is 0 Å². The van der Waals surface area contributed by atoms with Gasteiger partial charge in [-0.1, -0.05) is 31.5 Å². The van der Waals surface area contributed by atoms with Crippen LogP contribution in [-0.4, -0.2) is 19.7 Å². The summed E-state index contributed by atoms with van der Waals surface area (Å²) in [5, 5.41) is 4.04. The summed E-state index contributed by atoms with van der Waals surface area (Å²) in [5.74, 6) is 0.749. The van der Waals surface area contributed by atoms with Crippen LogP contribution in [-0.2, 0) is 6.42 Å². The molecule has 0 heterocycles. The quantitative estimate of drug-likeness (QED) is 0.835. The van der Waals surface area contributed by atoms with E-state index < -0.39 is 0 Å². The number of benzene rings is 1. The monoisotopic (exact) mass is 227 g/mol. The molecule has 0 aromatic heterocycles. The highest BCUT2D eigenvalue weighted by Crippen LogP contribution is 2.24. The first kappa shape index (κ1) is 12.3. The Hall–Kier alpha value is -0.730. The van der Waals surface area contributed by atoms with Crippen LogP contribution in [0, 0.1) is 0 Å². The number of ether oxygens (including phenoxy) is 1. The van der Waals surface area contributed by atoms with E-state index in [1.54, 1.807) is 7.11 Å². The van der Waals surface area contributed by atoms with Crippen LogP contribution in [0.4, 0.5) is 0 Å². The molecule has 1 rings (SSSR count). The Kier molecular flexibility index (Phi) is 4.92. The molecule has 0 unspecified atom stereocenters. The number of hydrogen-bond donors (Lipinski definition) is 1. The van der Waals surface area contributed by atoms with Crippen molar-refractivity contribution in [1.29, 1.82) is 0 Å². The SMILES string of the molecule is COc1cc(CCNC(C)C)ccc1Cl. The third kappa shape index (κ3) is 4.10. The van der Waals surface area contributed by atoms with Gasteiger partial charge in [-0.2, -0.15) is 0 Å². The largest absolute Gasteiger partial charge is 0.495 e. The lowest BCUT2D eigenvalue weighted by Crippen LogP contribution is -2.24. The van der Waals surface area contributed by atoms with Gasteiger partial charge in [0.05, 0.1) is 12.1 Å². The van der Waals surface area contributed by atoms with Gasteiger partial charge in [-0.15, -0.1) is 0 Å². The van der Waals surface area contributed by atoms with Crippen molar-refractivity contribution in [3.63, 3.8) is 0 Å². The molecule has 1 aromatic rings. The number of nitrogens with one attached hydrogen (secondary N) is 1. The Labute approximate surface area is 96.6 Å². The predicted octanol–water partition coefficient (Wildman–Crippen LogP) is 2.89. The summed E-state index contributed by atoms with van der Waals surface area (Å²) in [6.45, 7) is 5.26. The van der Waals surface area contributed by atoms with Crippen molar-refractivity contribution in [2.24, 2.45) is 0 Å². The van der Waals surface area contributed by atoms with Gasteiger partial charge in [-0.05, 0) is 30.7 Å². The molecule has 2 nitrogen and oxygen atoms in total. The van der Waals surface area contributed by atoms with E-state index in [4.69, 9.17) is 16.3 Å². The first-order valence-electron chi connectivity index (χ1n) is 5.19. The van der Waals surface area contributed by atoms with Crippen molar-refractivity contribution in [3.05, 3.63) is 28.8 Å². The van der Waals surface area contributed by atoms with Crippen molar-refractivity contribution in [3.8, 4) is 5.75 Å². The van der Waals surface area contributed by atoms with E-state index in [1.165, 1.54) is 5.56 Å². The molecular formula is C12H18ClNO. The molecule has 3 heteroatoms. The molecule has 0 amide bonds. The van der Waals surface area contributed by atoms with Gasteiger partial charge in [-0.3, -0.25) is 0 Å². The van der Waals surface area contributed by atoms with Crippen LogP contribution < -0.4 is 10.1 Å². The minimum Gasteiger partial charge on any atom is -0.495 e. The number of methoxy groups -OCH3 is 1. The average molecular weight is 228 g/mol. The second-order valence-electron chi connectivity index (χ2n) is 3.83. The van der Waals surface area contributed by atoms with Crippen LogP contribution in [0.2, 0.25) is 5.02 Å². The molecule has 1 aromatic carbocycles. The Balaban J connectivity index is 2.54. The second-order valence-corrected chi connectivity index (χ2v) is 4.23. The van der Waals surface area contributed by atoms with Crippen LogP contribution in [0.5, 0.6) is 5.75 Å². The summed E-state index contributed by atoms with van der Waals surface area (Å²) in [6, 6.07) is 6.43. The summed E-state index contributed by atoms with van der Waals surface area (Å²) >= 11 is 5.94. The molecule has 84 valence electrons. The third-order valence-electron chi connectivity index (χ3n) is 2.18. The topological polar surface area (TPSA) is 21.3 Å². The van der Waals surface area contributed by atoms with E-state index in [9.17, 15) is 0 Å². The van der Waals surface area contributed by atoms with Crippen LogP contribution in [0.1, 0.15) is 19.4 Å². The lowest BCUT2D eigenvalue weighted by molar-refractivity contribution is 0.414. The van der Waals surface area contributed by atoms with E-state index in [-0.39, 0.29) is 0 Å². The predicted molar refractivity (Wildman–Crippen MR) is 64.8 cm³/mol. The Morgan fingerprint density at radius 2 is 2.13 bits per heavy atom. The summed E-state index contributed by atoms with van der Waals surface area (Å²) in [5.41, 5.74) is 1.24. The fourth-order valence-corrected chi connectivity index (χ4v) is 1.56. The highest BCUT2D eigenvalue weighted by molar-refractivity contribution is 6.32. The zero-order valence-corrected chi connectivity index (χ0v) is 10.3. The standard InChI is InChI=1S/C12H18ClNO/c1-9(2)14-7-6-10-4-5-11(13)12(8-10)15-3/h4-5,8-9,14H,6-7H2,1-3H3. The van der Waals surface area contributed by atoms with E-state index in [0.29, 0.717) is 11.1 Å². The lowest BCUT2D eigenvalue weighted by atomic mass is 10.1. The maximum absolute atomic E-state index is 5.94. The van der Waals surface area contributed by atoms with Crippen molar-refractivity contribution < 1.29 is 4.74 Å². The van der Waals surface area contributed by atoms with E-state index in [0.717, 1.165) is 18.7 Å². The Bertz CT molecular complexity index is 312. The zero-order chi connectivity index (χ0) is 11.3. The molecule has 15 heavy (non-hydrogen) atoms. The van der Waals surface area contributed by atoms with Crippen molar-refractivity contribution in [2.45, 2.75) is 26.3 Å². The minimum atomic E-state index is 0.527. The molecule has 0 bridgehead atoms. The van der Waals surface area contributed by atoms with Crippen LogP contribution >= 0.6 is 11.6 Å². The van der Waals surface area contributed by atoms with Crippen molar-refractivity contribution in [1.82, 2.24) is 5.32 Å². The molecule has 0 saturated heterocycles. The number of hydrogen-bond acceptors (Lipinski definition) is 2. The third-order valence-corrected chi connectivity index (χ3v) is 2.49. The normalized spacial score (nSPS) is 10.7. The molecule has 0 aliphatic heterocycles. The molecule has 0 saturated carbocycles. The van der Waals surface area contributed by atoms with Gasteiger partial charge in [0.25, 0.3) is 0 Å². The van der Waals surface area contributed by atoms with Gasteiger partial charge < -0.3 is 10.1 Å². The number of rotatable bonds is 5. The average Bonchev–Trinajstić information content (AvgIpc) is 2.20. The first-order valence-corrected chi connectivity index (χ1v) is 5.57. The molecule has 0 aliphatic rings. The van der Waals surface area contributed by atoms with Crippen LogP contribution in [0.3, 0.4) is 0 Å². The summed E-state index contributed by atoms with van der Waals surface area (Å²) < 4.78 is 5.16. The zero-order valence-electron chi connectivity index (χ0n) is 9.51. The first-order chi connectivity index (χ1) is 7.13. The maximum Gasteiger partial charge on any atom is 0.137 e. The van der Waals surface area contributed by atoms with Crippen LogP contribution in [0.25, 0.3) is 0 Å². The molecule has 0 atom stereocenters. The molecule has 0 fully saturated rings. The molecule has 1 N–H and O–H groups in total. The Morgan fingerprint density at radius 1 is 1.40 bits per heavy atom. The lowest BCUT2D eigenvalue weighted by Gasteiger charge is -2.09. The molecule has 0 aliphatic carbocycles. The van der Waals surface area contributed by atoms with Crippen molar-refractivity contribution >= 4 is 11.6 Å². The fraction of sp³-hybridized carbons (Fsp3) is 0.500. The van der Waals surface area contributed by atoms with Gasteiger partial charge in [0.1, 0.15) is 5.75 Å². The van der Waals surface area contributed by atoms with E-state index >= 15 is 0 Å². The summed E-state index contributed by atoms with van der Waals surface area (Å²) in [7, 11) is 1.64. The smallest absolute Gasteiger partial charge is 0.137 e. The van der Waals surface area contributed by atoms with Gasteiger partial charge in [0.15, 0.2) is 0 Å². The van der Waals surface area contributed by atoms with Gasteiger partial charge in [-0.25, -0.2) is 0 Å².